The zero-order valence-corrected chi connectivity index (χ0v) is 34.7. The molecule has 0 saturated carbocycles. The average molecular weight is 789 g/mol. The van der Waals surface area contributed by atoms with Crippen LogP contribution in [0.4, 0.5) is 0 Å². The summed E-state index contributed by atoms with van der Waals surface area (Å²) in [5.41, 5.74) is 1.88. The van der Waals surface area contributed by atoms with Gasteiger partial charge in [-0.1, -0.05) is 74.6 Å². The van der Waals surface area contributed by atoms with Crippen LogP contribution in [0.3, 0.4) is 0 Å². The van der Waals surface area contributed by atoms with Crippen LogP contribution in [0, 0.1) is 11.8 Å². The second-order valence-electron chi connectivity index (χ2n) is 11.6. The molecular weight excluding hydrogens is 749 g/mol. The Bertz CT molecular complexity index is 1700. The van der Waals surface area contributed by atoms with Gasteiger partial charge in [-0.05, 0) is 67.5 Å². The van der Waals surface area contributed by atoms with E-state index in [1.807, 2.05) is 36.4 Å². The van der Waals surface area contributed by atoms with Crippen LogP contribution >= 0.6 is 54.1 Å². The number of hydrogen-bond donors (Lipinski definition) is 0. The molecule has 4 aromatic rings. The second-order valence-corrected chi connectivity index (χ2v) is 23.9. The maximum Gasteiger partial charge on any atom is 0.519 e. The van der Waals surface area contributed by atoms with E-state index in [0.29, 0.717) is 0 Å². The highest BCUT2D eigenvalue weighted by atomic mass is 33.5. The first-order valence-corrected chi connectivity index (χ1v) is 24.2. The predicted molar refractivity (Wildman–Crippen MR) is 212 cm³/mol. The third-order valence-corrected chi connectivity index (χ3v) is 23.8. The fraction of sp³-hybridized carbons (Fsp3) is 0.353. The van der Waals surface area contributed by atoms with Gasteiger partial charge in [-0.25, -0.2) is 9.97 Å². The predicted octanol–water partition coefficient (Wildman–Crippen LogP) is 9.13. The topological polar surface area (TPSA) is 81.2 Å². The highest BCUT2D eigenvalue weighted by molar-refractivity contribution is 9.10. The van der Waals surface area contributed by atoms with Crippen LogP contribution < -0.4 is 0 Å². The van der Waals surface area contributed by atoms with Gasteiger partial charge in [0, 0.05) is 52.5 Å². The Kier molecular flexibility index (Phi) is 11.5. The Labute approximate surface area is 309 Å². The van der Waals surface area contributed by atoms with Gasteiger partial charge in [0.05, 0.1) is 20.4 Å². The fourth-order valence-corrected chi connectivity index (χ4v) is 22.4. The lowest BCUT2D eigenvalue weighted by molar-refractivity contribution is 0.0902. The molecule has 2 aliphatic rings. The standard InChI is InChI=1S/C34H40N2O6S5Si2/c1-23-15-13-21-29(33(23,48(37-3,38-4)39-5)31-35-25-17-9-11-19-27(25)43-31)45-47-46-30-22-14-16-24(2)34(30,49(40-6,41-7)42-8)32-36-26-18-10-12-20-28(26)44-32/h9-24H,1-8H3. The van der Waals surface area contributed by atoms with Gasteiger partial charge in [0.25, 0.3) is 0 Å². The van der Waals surface area contributed by atoms with E-state index < -0.39 is 27.7 Å². The van der Waals surface area contributed by atoms with Crippen molar-refractivity contribution in [2.75, 3.05) is 42.7 Å². The highest BCUT2D eigenvalue weighted by Gasteiger charge is 2.69. The van der Waals surface area contributed by atoms with Gasteiger partial charge in [-0.2, -0.15) is 0 Å². The summed E-state index contributed by atoms with van der Waals surface area (Å²) in [6, 6.07) is 16.4. The molecule has 0 radical (unpaired) electrons. The quantitative estimate of drug-likeness (QED) is 0.0907. The minimum Gasteiger partial charge on any atom is -0.376 e. The van der Waals surface area contributed by atoms with Crippen molar-refractivity contribution in [1.29, 1.82) is 0 Å². The molecule has 15 heteroatoms. The number of aromatic nitrogens is 2. The van der Waals surface area contributed by atoms with Gasteiger partial charge >= 0.3 is 17.6 Å². The second kappa shape index (κ2) is 15.2. The molecule has 4 atom stereocenters. The van der Waals surface area contributed by atoms with Gasteiger partial charge in [-0.3, -0.25) is 0 Å². The van der Waals surface area contributed by atoms with Crippen LogP contribution in [0.2, 0.25) is 0 Å². The summed E-state index contributed by atoms with van der Waals surface area (Å²) in [5.74, 6) is -0.0706. The number of rotatable bonds is 14. The third kappa shape index (κ3) is 5.73. The largest absolute Gasteiger partial charge is 0.519 e. The van der Waals surface area contributed by atoms with Crippen LogP contribution in [-0.2, 0) is 36.6 Å². The molecule has 0 bridgehead atoms. The number of nitrogens with zero attached hydrogens (tertiary/aromatic N) is 2. The van der Waals surface area contributed by atoms with Crippen LogP contribution in [0.25, 0.3) is 20.4 Å². The summed E-state index contributed by atoms with van der Waals surface area (Å²) in [4.78, 5) is 12.5. The molecule has 0 N–H and O–H groups in total. The van der Waals surface area contributed by atoms with E-state index in [1.165, 1.54) is 0 Å². The van der Waals surface area contributed by atoms with Crippen molar-refractivity contribution in [3.8, 4) is 0 Å². The molecule has 0 aliphatic heterocycles. The van der Waals surface area contributed by atoms with Gasteiger partial charge in [-0.15, -0.1) is 22.7 Å². The molecule has 0 amide bonds. The molecule has 0 saturated heterocycles. The minimum atomic E-state index is -3.45. The first-order valence-electron chi connectivity index (χ1n) is 15.6. The molecule has 0 spiro atoms. The van der Waals surface area contributed by atoms with Crippen molar-refractivity contribution < 1.29 is 26.6 Å². The summed E-state index contributed by atoms with van der Waals surface area (Å²) in [6.45, 7) is 4.38. The van der Waals surface area contributed by atoms with Gasteiger partial charge in [0.15, 0.2) is 0 Å². The van der Waals surface area contributed by atoms with Crippen molar-refractivity contribution in [1.82, 2.24) is 9.97 Å². The number of benzene rings is 2. The van der Waals surface area contributed by atoms with Crippen molar-refractivity contribution in [2.45, 2.75) is 23.9 Å². The Morgan fingerprint density at radius 2 is 0.959 bits per heavy atom. The molecule has 2 aliphatic carbocycles. The van der Waals surface area contributed by atoms with E-state index in [0.717, 1.165) is 40.3 Å². The Morgan fingerprint density at radius 3 is 1.31 bits per heavy atom. The number of thiazole rings is 2. The SMILES string of the molecule is CO[Si](OC)(OC)C1(c2nc3ccccc3s2)C(SSSC2=CC=CC(C)C2(c2nc3ccccc3s2)[Si](OC)(OC)OC)=CC=CC1C. The zero-order chi connectivity index (χ0) is 34.9. The maximum absolute atomic E-state index is 6.33. The first kappa shape index (κ1) is 37.2. The normalized spacial score (nSPS) is 24.5. The third-order valence-electron chi connectivity index (χ3n) is 9.53. The highest BCUT2D eigenvalue weighted by Crippen LogP contribution is 2.63. The average Bonchev–Trinajstić information content (AvgIpc) is 3.77. The summed E-state index contributed by atoms with van der Waals surface area (Å²) >= 11 is 3.33. The molecule has 260 valence electrons. The Balaban J connectivity index is 1.44. The molecule has 49 heavy (non-hydrogen) atoms. The summed E-state index contributed by atoms with van der Waals surface area (Å²) < 4.78 is 40.2. The number of allylic oxidation sites excluding steroid dienone is 8. The molecule has 0 fully saturated rings. The van der Waals surface area contributed by atoms with E-state index in [9.17, 15) is 0 Å². The fourth-order valence-electron chi connectivity index (χ4n) is 7.17. The number of hydrogen-bond acceptors (Lipinski definition) is 13. The number of fused-ring (bicyclic) bond motifs is 2. The lowest BCUT2D eigenvalue weighted by Crippen LogP contribution is -2.65. The summed E-state index contributed by atoms with van der Waals surface area (Å²) in [7, 11) is 8.22. The Morgan fingerprint density at radius 1 is 0.592 bits per heavy atom. The molecular formula is C34H40N2O6S5Si2. The van der Waals surface area contributed by atoms with Gasteiger partial charge in [0.2, 0.25) is 0 Å². The van der Waals surface area contributed by atoms with E-state index in [-0.39, 0.29) is 11.8 Å². The van der Waals surface area contributed by atoms with Crippen LogP contribution in [0.5, 0.6) is 0 Å². The summed E-state index contributed by atoms with van der Waals surface area (Å²) in [5, 5.41) is 0.247. The molecule has 6 rings (SSSR count). The lowest BCUT2D eigenvalue weighted by Gasteiger charge is -2.48. The molecule has 8 nitrogen and oxygen atoms in total. The van der Waals surface area contributed by atoms with Crippen LogP contribution in [-0.4, -0.2) is 70.2 Å². The molecule has 4 unspecified atom stereocenters. The maximum atomic E-state index is 6.33. The van der Waals surface area contributed by atoms with Crippen molar-refractivity contribution in [3.63, 3.8) is 0 Å². The number of para-hydroxylation sites is 2. The Hall–Kier alpha value is -1.58. The van der Waals surface area contributed by atoms with E-state index in [4.69, 9.17) is 36.5 Å². The minimum absolute atomic E-state index is 0.0353. The zero-order valence-electron chi connectivity index (χ0n) is 28.6. The smallest absolute Gasteiger partial charge is 0.376 e. The van der Waals surface area contributed by atoms with E-state index in [1.54, 1.807) is 96.7 Å². The van der Waals surface area contributed by atoms with Crippen LogP contribution in [0.15, 0.2) is 94.8 Å². The van der Waals surface area contributed by atoms with E-state index >= 15 is 0 Å². The van der Waals surface area contributed by atoms with Gasteiger partial charge in [0.1, 0.15) is 20.1 Å². The lowest BCUT2D eigenvalue weighted by atomic mass is 9.88. The molecule has 2 aromatic heterocycles. The molecule has 2 aromatic carbocycles. The van der Waals surface area contributed by atoms with Crippen molar-refractivity contribution in [2.24, 2.45) is 11.8 Å². The van der Waals surface area contributed by atoms with Crippen molar-refractivity contribution >= 4 is 92.1 Å². The monoisotopic (exact) mass is 788 g/mol. The van der Waals surface area contributed by atoms with Crippen molar-refractivity contribution in [3.05, 3.63) is 105 Å². The van der Waals surface area contributed by atoms with Gasteiger partial charge < -0.3 is 26.6 Å². The van der Waals surface area contributed by atoms with Crippen LogP contribution in [0.1, 0.15) is 23.9 Å². The first-order chi connectivity index (χ1) is 23.8. The molecule has 2 heterocycles. The van der Waals surface area contributed by atoms with E-state index in [2.05, 4.69) is 62.4 Å². The summed E-state index contributed by atoms with van der Waals surface area (Å²) in [6.07, 6.45) is 12.9.